The quantitative estimate of drug-likeness (QED) is 0.470. The predicted octanol–water partition coefficient (Wildman–Crippen LogP) is 4.47. The molecule has 0 heterocycles. The van der Waals surface area contributed by atoms with Crippen LogP contribution in [0.3, 0.4) is 0 Å². The summed E-state index contributed by atoms with van der Waals surface area (Å²) in [6.45, 7) is 6.99. The van der Waals surface area contributed by atoms with Crippen LogP contribution in [-0.2, 0) is 10.0 Å². The molecule has 0 spiro atoms. The highest BCUT2D eigenvalue weighted by Crippen LogP contribution is 2.22. The second-order valence-electron chi connectivity index (χ2n) is 7.08. The zero-order valence-corrected chi connectivity index (χ0v) is 18.9. The third-order valence-corrected chi connectivity index (χ3v) is 7.11. The van der Waals surface area contributed by atoms with Gasteiger partial charge >= 0.3 is 0 Å². The topological polar surface area (TPSA) is 75.3 Å². The second-order valence-corrected chi connectivity index (χ2v) is 11.6. The zero-order chi connectivity index (χ0) is 20.8. The van der Waals surface area contributed by atoms with Crippen LogP contribution in [0.5, 0.6) is 0 Å². The lowest BCUT2D eigenvalue weighted by atomic mass is 10.2. The van der Waals surface area contributed by atoms with Gasteiger partial charge in [0.25, 0.3) is 15.9 Å². The van der Waals surface area contributed by atoms with Crippen molar-refractivity contribution in [3.05, 3.63) is 54.1 Å². The molecule has 0 fully saturated rings. The van der Waals surface area contributed by atoms with Gasteiger partial charge in [0.05, 0.1) is 4.90 Å². The Kier molecular flexibility index (Phi) is 7.86. The number of carbonyl (C=O) groups is 1. The number of sulfonamides is 1. The first-order chi connectivity index (χ1) is 13.1. The van der Waals surface area contributed by atoms with Gasteiger partial charge in [-0.15, -0.1) is 11.8 Å². The Bertz CT molecular complexity index is 888. The van der Waals surface area contributed by atoms with Gasteiger partial charge in [0, 0.05) is 33.2 Å². The van der Waals surface area contributed by atoms with Crippen molar-refractivity contribution in [1.29, 1.82) is 0 Å². The van der Waals surface area contributed by atoms with Gasteiger partial charge in [0.1, 0.15) is 0 Å². The van der Waals surface area contributed by atoms with Gasteiger partial charge in [-0.1, -0.05) is 20.8 Å². The van der Waals surface area contributed by atoms with Gasteiger partial charge in [0.15, 0.2) is 0 Å². The number of carbonyl (C=O) groups excluding carboxylic acids is 1. The summed E-state index contributed by atoms with van der Waals surface area (Å²) >= 11 is 3.34. The van der Waals surface area contributed by atoms with Crippen molar-refractivity contribution < 1.29 is 13.2 Å². The van der Waals surface area contributed by atoms with E-state index < -0.39 is 10.0 Å². The number of anilines is 1. The Morgan fingerprint density at radius 3 is 2.14 bits per heavy atom. The predicted molar refractivity (Wildman–Crippen MR) is 120 cm³/mol. The lowest BCUT2D eigenvalue weighted by molar-refractivity contribution is 0.0956. The Morgan fingerprint density at radius 2 is 1.61 bits per heavy atom. The van der Waals surface area contributed by atoms with Gasteiger partial charge < -0.3 is 5.32 Å². The number of hydrogen-bond donors (Lipinski definition) is 2. The lowest BCUT2D eigenvalue weighted by Crippen LogP contribution is -2.26. The molecule has 2 aromatic rings. The molecule has 0 atom stereocenters. The fourth-order valence-electron chi connectivity index (χ4n) is 2.28. The van der Waals surface area contributed by atoms with Crippen LogP contribution in [0.25, 0.3) is 0 Å². The summed E-state index contributed by atoms with van der Waals surface area (Å²) in [6.07, 6.45) is 1.93. The smallest absolute Gasteiger partial charge is 0.261 e. The van der Waals surface area contributed by atoms with Crippen LogP contribution >= 0.6 is 23.5 Å². The SMILES string of the molecule is CSc1ccc(S(=O)(=O)Nc2ccc(C(=O)NCCSC(C)(C)C)cc2)cc1. The van der Waals surface area contributed by atoms with E-state index in [1.807, 2.05) is 6.26 Å². The van der Waals surface area contributed by atoms with Gasteiger partial charge in [-0.3, -0.25) is 9.52 Å². The number of rotatable bonds is 8. The van der Waals surface area contributed by atoms with Crippen molar-refractivity contribution in [3.63, 3.8) is 0 Å². The van der Waals surface area contributed by atoms with Gasteiger partial charge in [0.2, 0.25) is 0 Å². The first-order valence-electron chi connectivity index (χ1n) is 8.80. The minimum absolute atomic E-state index is 0.166. The molecule has 0 saturated heterocycles. The first-order valence-corrected chi connectivity index (χ1v) is 12.5. The molecule has 0 aliphatic heterocycles. The number of nitrogens with one attached hydrogen (secondary N) is 2. The van der Waals surface area contributed by atoms with Crippen molar-refractivity contribution in [2.45, 2.75) is 35.3 Å². The molecule has 2 rings (SSSR count). The van der Waals surface area contributed by atoms with Crippen LogP contribution in [0.1, 0.15) is 31.1 Å². The largest absolute Gasteiger partial charge is 0.351 e. The molecular formula is C20H26N2O3S3. The normalized spacial score (nSPS) is 11.9. The van der Waals surface area contributed by atoms with Crippen LogP contribution in [0.4, 0.5) is 5.69 Å². The third kappa shape index (κ3) is 7.07. The van der Waals surface area contributed by atoms with Crippen LogP contribution in [-0.4, -0.2) is 37.6 Å². The van der Waals surface area contributed by atoms with E-state index in [-0.39, 0.29) is 15.5 Å². The number of thioether (sulfide) groups is 2. The monoisotopic (exact) mass is 438 g/mol. The highest BCUT2D eigenvalue weighted by atomic mass is 32.2. The first kappa shape index (κ1) is 22.6. The van der Waals surface area contributed by atoms with Gasteiger partial charge in [-0.25, -0.2) is 8.42 Å². The van der Waals surface area contributed by atoms with Gasteiger partial charge in [-0.2, -0.15) is 11.8 Å². The van der Waals surface area contributed by atoms with Crippen molar-refractivity contribution in [1.82, 2.24) is 5.32 Å². The average molecular weight is 439 g/mol. The summed E-state index contributed by atoms with van der Waals surface area (Å²) < 4.78 is 27.7. The molecule has 1 amide bonds. The molecule has 5 nitrogen and oxygen atoms in total. The molecule has 8 heteroatoms. The second kappa shape index (κ2) is 9.71. The van der Waals surface area contributed by atoms with E-state index >= 15 is 0 Å². The summed E-state index contributed by atoms with van der Waals surface area (Å²) in [5, 5.41) is 2.88. The van der Waals surface area contributed by atoms with Crippen LogP contribution in [0.15, 0.2) is 58.3 Å². The summed E-state index contributed by atoms with van der Waals surface area (Å²) in [4.78, 5) is 13.4. The van der Waals surface area contributed by atoms with Crippen molar-refractivity contribution in [2.75, 3.05) is 23.3 Å². The minimum atomic E-state index is -3.67. The average Bonchev–Trinajstić information content (AvgIpc) is 2.64. The van der Waals surface area contributed by atoms with E-state index in [9.17, 15) is 13.2 Å². The van der Waals surface area contributed by atoms with Crippen molar-refractivity contribution in [2.24, 2.45) is 0 Å². The molecule has 0 radical (unpaired) electrons. The Morgan fingerprint density at radius 1 is 1.00 bits per heavy atom. The van der Waals surface area contributed by atoms with Crippen molar-refractivity contribution >= 4 is 45.1 Å². The zero-order valence-electron chi connectivity index (χ0n) is 16.5. The Labute approximate surface area is 176 Å². The van der Waals surface area contributed by atoms with Gasteiger partial charge in [-0.05, 0) is 54.8 Å². The molecule has 2 N–H and O–H groups in total. The van der Waals surface area contributed by atoms with E-state index in [0.717, 1.165) is 10.6 Å². The van der Waals surface area contributed by atoms with E-state index in [0.29, 0.717) is 17.8 Å². The highest BCUT2D eigenvalue weighted by molar-refractivity contribution is 8.00. The molecular weight excluding hydrogens is 412 g/mol. The van der Waals surface area contributed by atoms with Crippen LogP contribution in [0, 0.1) is 0 Å². The molecule has 152 valence electrons. The lowest BCUT2D eigenvalue weighted by Gasteiger charge is -2.17. The molecule has 0 aliphatic carbocycles. The Balaban J connectivity index is 1.95. The summed E-state index contributed by atoms with van der Waals surface area (Å²) in [5.74, 6) is 0.666. The van der Waals surface area contributed by atoms with Crippen LogP contribution < -0.4 is 10.0 Å². The molecule has 0 saturated carbocycles. The number of amides is 1. The summed E-state index contributed by atoms with van der Waals surface area (Å²) in [7, 11) is -3.67. The molecule has 2 aromatic carbocycles. The highest BCUT2D eigenvalue weighted by Gasteiger charge is 2.15. The van der Waals surface area contributed by atoms with E-state index in [4.69, 9.17) is 0 Å². The van der Waals surface area contributed by atoms with E-state index in [1.165, 1.54) is 0 Å². The van der Waals surface area contributed by atoms with Crippen LogP contribution in [0.2, 0.25) is 0 Å². The molecule has 0 aromatic heterocycles. The third-order valence-electron chi connectivity index (χ3n) is 3.69. The number of benzene rings is 2. The maximum atomic E-state index is 12.5. The minimum Gasteiger partial charge on any atom is -0.351 e. The van der Waals surface area contributed by atoms with Crippen molar-refractivity contribution in [3.8, 4) is 0 Å². The fourth-order valence-corrected chi connectivity index (χ4v) is 4.57. The molecule has 0 bridgehead atoms. The summed E-state index contributed by atoms with van der Waals surface area (Å²) in [6, 6.07) is 13.1. The summed E-state index contributed by atoms with van der Waals surface area (Å²) in [5.41, 5.74) is 0.904. The molecule has 28 heavy (non-hydrogen) atoms. The molecule has 0 aliphatic rings. The maximum Gasteiger partial charge on any atom is 0.261 e. The van der Waals surface area contributed by atoms with E-state index in [2.05, 4.69) is 30.8 Å². The standard InChI is InChI=1S/C20H26N2O3S3/c1-20(2,3)27-14-13-21-19(23)15-5-7-16(8-6-15)22-28(24,25)18-11-9-17(26-4)10-12-18/h5-12,22H,13-14H2,1-4H3,(H,21,23). The Hall–Kier alpha value is -1.64. The maximum absolute atomic E-state index is 12.5. The van der Waals surface area contributed by atoms with E-state index in [1.54, 1.807) is 72.1 Å². The number of hydrogen-bond acceptors (Lipinski definition) is 5. The molecule has 0 unspecified atom stereocenters. The fraction of sp³-hybridized carbons (Fsp3) is 0.350.